The van der Waals surface area contributed by atoms with Gasteiger partial charge in [0.05, 0.1) is 22.7 Å². The van der Waals surface area contributed by atoms with E-state index in [4.69, 9.17) is 11.6 Å². The Morgan fingerprint density at radius 2 is 2.21 bits per heavy atom. The van der Waals surface area contributed by atoms with Gasteiger partial charge < -0.3 is 9.88 Å². The number of hydrogen-bond acceptors (Lipinski definition) is 3. The van der Waals surface area contributed by atoms with E-state index in [1.807, 2.05) is 21.8 Å². The maximum absolute atomic E-state index is 6.35. The minimum Gasteiger partial charge on any atom is -0.336 e. The van der Waals surface area contributed by atoms with Crippen LogP contribution in [-0.4, -0.2) is 25.9 Å². The topological polar surface area (TPSA) is 47.7 Å². The zero-order chi connectivity index (χ0) is 13.7. The van der Waals surface area contributed by atoms with Crippen LogP contribution in [0.1, 0.15) is 25.2 Å². The second kappa shape index (κ2) is 6.73. The lowest BCUT2D eigenvalue weighted by molar-refractivity contribution is 0.553. The molecule has 0 aliphatic rings. The molecule has 2 aromatic rings. The van der Waals surface area contributed by atoms with E-state index in [9.17, 15) is 0 Å². The Kier molecular flexibility index (Phi) is 4.99. The third kappa shape index (κ3) is 3.36. The Hall–Kier alpha value is -1.33. The van der Waals surface area contributed by atoms with Crippen molar-refractivity contribution in [3.05, 3.63) is 35.1 Å². The van der Waals surface area contributed by atoms with Gasteiger partial charge in [-0.2, -0.15) is 5.10 Å². The van der Waals surface area contributed by atoms with E-state index < -0.39 is 0 Å². The minimum absolute atomic E-state index is 0.744. The quantitative estimate of drug-likeness (QED) is 0.791. The summed E-state index contributed by atoms with van der Waals surface area (Å²) in [5.41, 5.74) is 2.06. The Labute approximate surface area is 118 Å². The Balaban J connectivity index is 1.90. The fourth-order valence-electron chi connectivity index (χ4n) is 2.02. The number of halogens is 1. The molecule has 0 bridgehead atoms. The van der Waals surface area contributed by atoms with Gasteiger partial charge in [0.2, 0.25) is 0 Å². The van der Waals surface area contributed by atoms with Crippen LogP contribution in [-0.2, 0) is 26.1 Å². The molecule has 6 heteroatoms. The summed E-state index contributed by atoms with van der Waals surface area (Å²) in [6, 6.07) is 0. The highest BCUT2D eigenvalue weighted by atomic mass is 35.5. The lowest BCUT2D eigenvalue weighted by Gasteiger charge is -2.07. The Morgan fingerprint density at radius 1 is 1.37 bits per heavy atom. The van der Waals surface area contributed by atoms with Crippen LogP contribution in [0.3, 0.4) is 0 Å². The summed E-state index contributed by atoms with van der Waals surface area (Å²) in [6.45, 7) is 7.52. The van der Waals surface area contributed by atoms with Crippen LogP contribution in [0.15, 0.2) is 18.7 Å². The SMILES string of the molecule is CCc1nn(CC)c(CNCCn2ccnc2)c1Cl. The van der Waals surface area contributed by atoms with E-state index >= 15 is 0 Å². The molecule has 5 nitrogen and oxygen atoms in total. The molecular weight excluding hydrogens is 262 g/mol. The van der Waals surface area contributed by atoms with Gasteiger partial charge in [-0.1, -0.05) is 18.5 Å². The monoisotopic (exact) mass is 281 g/mol. The molecule has 0 unspecified atom stereocenters. The van der Waals surface area contributed by atoms with E-state index in [0.29, 0.717) is 0 Å². The molecule has 1 N–H and O–H groups in total. The fraction of sp³-hybridized carbons (Fsp3) is 0.538. The normalized spacial score (nSPS) is 11.1. The summed E-state index contributed by atoms with van der Waals surface area (Å²) in [5, 5.41) is 8.71. The van der Waals surface area contributed by atoms with Crippen molar-refractivity contribution in [2.45, 2.75) is 39.9 Å². The molecule has 2 heterocycles. The summed E-state index contributed by atoms with van der Waals surface area (Å²) in [4.78, 5) is 4.01. The van der Waals surface area contributed by atoms with Crippen LogP contribution in [0.4, 0.5) is 0 Å². The number of hydrogen-bond donors (Lipinski definition) is 1. The lowest BCUT2D eigenvalue weighted by atomic mass is 10.3. The van der Waals surface area contributed by atoms with Crippen molar-refractivity contribution in [3.8, 4) is 0 Å². The molecule has 0 aromatic carbocycles. The first-order valence-corrected chi connectivity index (χ1v) is 7.04. The summed E-state index contributed by atoms with van der Waals surface area (Å²) in [7, 11) is 0. The highest BCUT2D eigenvalue weighted by Gasteiger charge is 2.13. The Bertz CT molecular complexity index is 503. The van der Waals surface area contributed by atoms with E-state index in [1.165, 1.54) is 0 Å². The molecule has 0 radical (unpaired) electrons. The molecule has 0 fully saturated rings. The average molecular weight is 282 g/mol. The van der Waals surface area contributed by atoms with Crippen LogP contribution in [0.2, 0.25) is 5.02 Å². The van der Waals surface area contributed by atoms with Gasteiger partial charge in [-0.05, 0) is 13.3 Å². The van der Waals surface area contributed by atoms with Crippen LogP contribution in [0, 0.1) is 0 Å². The Morgan fingerprint density at radius 3 is 2.84 bits per heavy atom. The molecular formula is C13H20ClN5. The molecule has 0 atom stereocenters. The number of rotatable bonds is 7. The summed E-state index contributed by atoms with van der Waals surface area (Å²) in [6.07, 6.45) is 6.44. The van der Waals surface area contributed by atoms with Gasteiger partial charge in [0.25, 0.3) is 0 Å². The zero-order valence-corrected chi connectivity index (χ0v) is 12.2. The summed E-state index contributed by atoms with van der Waals surface area (Å²) in [5.74, 6) is 0. The maximum Gasteiger partial charge on any atom is 0.0946 e. The van der Waals surface area contributed by atoms with Crippen LogP contribution in [0.25, 0.3) is 0 Å². The molecule has 19 heavy (non-hydrogen) atoms. The zero-order valence-electron chi connectivity index (χ0n) is 11.4. The molecule has 0 aliphatic heterocycles. The number of nitrogens with zero attached hydrogens (tertiary/aromatic N) is 4. The van der Waals surface area contributed by atoms with Gasteiger partial charge in [0.15, 0.2) is 0 Å². The smallest absolute Gasteiger partial charge is 0.0946 e. The summed E-state index contributed by atoms with van der Waals surface area (Å²) < 4.78 is 4.02. The average Bonchev–Trinajstić information content (AvgIpc) is 3.03. The van der Waals surface area contributed by atoms with Crippen molar-refractivity contribution in [2.75, 3.05) is 6.54 Å². The van der Waals surface area contributed by atoms with E-state index in [2.05, 4.69) is 29.2 Å². The molecule has 0 saturated carbocycles. The van der Waals surface area contributed by atoms with E-state index in [-0.39, 0.29) is 0 Å². The largest absolute Gasteiger partial charge is 0.336 e. The number of aromatic nitrogens is 4. The molecule has 0 aliphatic carbocycles. The van der Waals surface area contributed by atoms with Crippen molar-refractivity contribution in [1.29, 1.82) is 0 Å². The maximum atomic E-state index is 6.35. The minimum atomic E-state index is 0.744. The number of aryl methyl sites for hydroxylation is 2. The predicted molar refractivity (Wildman–Crippen MR) is 76.2 cm³/mol. The third-order valence-corrected chi connectivity index (χ3v) is 3.53. The van der Waals surface area contributed by atoms with Crippen LogP contribution < -0.4 is 5.32 Å². The second-order valence-corrected chi connectivity index (χ2v) is 4.73. The predicted octanol–water partition coefficient (Wildman–Crippen LogP) is 2.11. The van der Waals surface area contributed by atoms with Gasteiger partial charge in [-0.15, -0.1) is 0 Å². The molecule has 2 rings (SSSR count). The van der Waals surface area contributed by atoms with Gasteiger partial charge >= 0.3 is 0 Å². The highest BCUT2D eigenvalue weighted by molar-refractivity contribution is 6.31. The van der Waals surface area contributed by atoms with E-state index in [0.717, 1.165) is 49.0 Å². The van der Waals surface area contributed by atoms with Gasteiger partial charge in [0, 0.05) is 38.6 Å². The van der Waals surface area contributed by atoms with Crippen molar-refractivity contribution in [3.63, 3.8) is 0 Å². The molecule has 0 saturated heterocycles. The van der Waals surface area contributed by atoms with Crippen LogP contribution >= 0.6 is 11.6 Å². The third-order valence-electron chi connectivity index (χ3n) is 3.09. The van der Waals surface area contributed by atoms with Gasteiger partial charge in [-0.25, -0.2) is 4.98 Å². The van der Waals surface area contributed by atoms with Gasteiger partial charge in [0.1, 0.15) is 0 Å². The first kappa shape index (κ1) is 14.1. The molecule has 0 spiro atoms. The summed E-state index contributed by atoms with van der Waals surface area (Å²) >= 11 is 6.35. The number of imidazole rings is 1. The fourth-order valence-corrected chi connectivity index (χ4v) is 2.36. The van der Waals surface area contributed by atoms with Crippen molar-refractivity contribution < 1.29 is 0 Å². The first-order chi connectivity index (χ1) is 9.26. The van der Waals surface area contributed by atoms with E-state index in [1.54, 1.807) is 6.20 Å². The molecule has 0 amide bonds. The van der Waals surface area contributed by atoms with Gasteiger partial charge in [-0.3, -0.25) is 4.68 Å². The van der Waals surface area contributed by atoms with Crippen LogP contribution in [0.5, 0.6) is 0 Å². The lowest BCUT2D eigenvalue weighted by Crippen LogP contribution is -2.21. The van der Waals surface area contributed by atoms with Crippen molar-refractivity contribution in [1.82, 2.24) is 24.6 Å². The standard InChI is InChI=1S/C13H20ClN5/c1-3-11-13(14)12(19(4-2)17-11)9-15-5-7-18-8-6-16-10-18/h6,8,10,15H,3-5,7,9H2,1-2H3. The second-order valence-electron chi connectivity index (χ2n) is 4.35. The highest BCUT2D eigenvalue weighted by Crippen LogP contribution is 2.21. The molecule has 104 valence electrons. The first-order valence-electron chi connectivity index (χ1n) is 6.66. The molecule has 2 aromatic heterocycles. The van der Waals surface area contributed by atoms with Crippen molar-refractivity contribution in [2.24, 2.45) is 0 Å². The number of nitrogens with one attached hydrogen (secondary N) is 1. The van der Waals surface area contributed by atoms with Crippen molar-refractivity contribution >= 4 is 11.6 Å².